The van der Waals surface area contributed by atoms with Crippen LogP contribution in [-0.4, -0.2) is 22.1 Å². The lowest BCUT2D eigenvalue weighted by Crippen LogP contribution is -2.29. The van der Waals surface area contributed by atoms with Gasteiger partial charge in [-0.2, -0.15) is 11.8 Å². The third-order valence-corrected chi connectivity index (χ3v) is 4.74. The largest absolute Gasteiger partial charge is 0.346 e. The third kappa shape index (κ3) is 4.20. The molecule has 2 heterocycles. The minimum atomic E-state index is -0.379. The van der Waals surface area contributed by atoms with Crippen LogP contribution in [0.15, 0.2) is 22.3 Å². The van der Waals surface area contributed by atoms with E-state index in [2.05, 4.69) is 15.3 Å². The van der Waals surface area contributed by atoms with Gasteiger partial charge in [-0.1, -0.05) is 13.8 Å². The minimum Gasteiger partial charge on any atom is -0.346 e. The molecule has 0 radical (unpaired) electrons. The summed E-state index contributed by atoms with van der Waals surface area (Å²) >= 11 is 3.29. The molecular weight excluding hydrogens is 318 g/mol. The van der Waals surface area contributed by atoms with Crippen LogP contribution in [0.3, 0.4) is 0 Å². The predicted molar refractivity (Wildman–Crippen MR) is 91.7 cm³/mol. The molecule has 22 heavy (non-hydrogen) atoms. The molecule has 0 aromatic carbocycles. The Hall–Kier alpha value is -1.60. The first-order chi connectivity index (χ1) is 10.5. The van der Waals surface area contributed by atoms with Crippen molar-refractivity contribution < 1.29 is 4.79 Å². The van der Waals surface area contributed by atoms with Crippen LogP contribution < -0.4 is 10.9 Å². The van der Waals surface area contributed by atoms with Crippen LogP contribution in [0.25, 0.3) is 0 Å². The van der Waals surface area contributed by atoms with Gasteiger partial charge in [-0.25, -0.2) is 4.98 Å². The topological polar surface area (TPSA) is 74.8 Å². The smallest absolute Gasteiger partial charge is 0.261 e. The van der Waals surface area contributed by atoms with Gasteiger partial charge in [0.2, 0.25) is 0 Å². The van der Waals surface area contributed by atoms with Gasteiger partial charge < -0.3 is 10.3 Å². The number of hydrogen-bond acceptors (Lipinski definition) is 5. The van der Waals surface area contributed by atoms with E-state index in [0.717, 1.165) is 22.1 Å². The molecule has 2 aromatic heterocycles. The maximum Gasteiger partial charge on any atom is 0.261 e. The van der Waals surface area contributed by atoms with Crippen LogP contribution in [0.2, 0.25) is 0 Å². The molecule has 0 bridgehead atoms. The van der Waals surface area contributed by atoms with Gasteiger partial charge in [0, 0.05) is 16.8 Å². The monoisotopic (exact) mass is 337 g/mol. The summed E-state index contributed by atoms with van der Waals surface area (Å²) in [5.74, 6) is 0.709. The van der Waals surface area contributed by atoms with Gasteiger partial charge >= 0.3 is 0 Å². The second kappa shape index (κ2) is 7.60. The Bertz CT molecular complexity index is 707. The van der Waals surface area contributed by atoms with Gasteiger partial charge in [0.1, 0.15) is 10.6 Å². The lowest BCUT2D eigenvalue weighted by Gasteiger charge is -2.07. The fourth-order valence-electron chi connectivity index (χ4n) is 1.89. The fourth-order valence-corrected chi connectivity index (χ4v) is 3.41. The van der Waals surface area contributed by atoms with Gasteiger partial charge in [0.15, 0.2) is 0 Å². The molecule has 118 valence electrons. The molecule has 0 aliphatic carbocycles. The summed E-state index contributed by atoms with van der Waals surface area (Å²) in [5.41, 5.74) is 1.41. The number of carbonyl (C=O) groups excluding carboxylic acids is 1. The van der Waals surface area contributed by atoms with Gasteiger partial charge in [0.05, 0.1) is 12.2 Å². The highest BCUT2D eigenvalue weighted by Crippen LogP contribution is 2.15. The predicted octanol–water partition coefficient (Wildman–Crippen LogP) is 2.75. The van der Waals surface area contributed by atoms with Gasteiger partial charge in [-0.05, 0) is 24.3 Å². The van der Waals surface area contributed by atoms with E-state index in [-0.39, 0.29) is 22.9 Å². The molecule has 2 aromatic rings. The van der Waals surface area contributed by atoms with Crippen LogP contribution >= 0.6 is 23.1 Å². The molecule has 0 saturated heterocycles. The molecule has 0 spiro atoms. The molecule has 0 atom stereocenters. The number of thioether (sulfide) groups is 1. The molecule has 1 amide bonds. The average Bonchev–Trinajstić information content (AvgIpc) is 2.92. The number of rotatable bonds is 6. The van der Waals surface area contributed by atoms with Crippen molar-refractivity contribution in [3.63, 3.8) is 0 Å². The van der Waals surface area contributed by atoms with Crippen LogP contribution in [0, 0.1) is 0 Å². The van der Waals surface area contributed by atoms with E-state index in [1.165, 1.54) is 0 Å². The second-order valence-corrected chi connectivity index (χ2v) is 6.97. The summed E-state index contributed by atoms with van der Waals surface area (Å²) in [6, 6.07) is 3.35. The highest BCUT2D eigenvalue weighted by Gasteiger charge is 2.12. The van der Waals surface area contributed by atoms with E-state index >= 15 is 0 Å². The SMILES string of the molecule is CSCc1nc(CNC(=O)c2ccc(C(C)C)[nH]c2=O)cs1. The number of aromatic nitrogens is 2. The maximum absolute atomic E-state index is 12.1. The Morgan fingerprint density at radius 2 is 2.23 bits per heavy atom. The molecular formula is C15H19N3O2S2. The normalized spacial score (nSPS) is 10.9. The maximum atomic E-state index is 12.1. The zero-order valence-corrected chi connectivity index (χ0v) is 14.4. The number of hydrogen-bond donors (Lipinski definition) is 2. The number of nitrogens with zero attached hydrogens (tertiary/aromatic N) is 1. The van der Waals surface area contributed by atoms with Crippen molar-refractivity contribution in [2.75, 3.05) is 6.26 Å². The summed E-state index contributed by atoms with van der Waals surface area (Å²) in [7, 11) is 0. The minimum absolute atomic E-state index is 0.129. The molecule has 0 unspecified atom stereocenters. The molecule has 0 saturated carbocycles. The first kappa shape index (κ1) is 16.8. The molecule has 7 heteroatoms. The summed E-state index contributed by atoms with van der Waals surface area (Å²) < 4.78 is 0. The summed E-state index contributed by atoms with van der Waals surface area (Å²) in [4.78, 5) is 31.2. The molecule has 0 fully saturated rings. The van der Waals surface area contributed by atoms with Crippen LogP contribution in [0.4, 0.5) is 0 Å². The van der Waals surface area contributed by atoms with E-state index in [1.807, 2.05) is 25.5 Å². The Morgan fingerprint density at radius 1 is 1.45 bits per heavy atom. The number of nitrogens with one attached hydrogen (secondary N) is 2. The van der Waals surface area contributed by atoms with Gasteiger partial charge in [0.25, 0.3) is 11.5 Å². The van der Waals surface area contributed by atoms with E-state index < -0.39 is 0 Å². The number of H-pyrrole nitrogens is 1. The van der Waals surface area contributed by atoms with Crippen molar-refractivity contribution in [1.29, 1.82) is 0 Å². The summed E-state index contributed by atoms with van der Waals surface area (Å²) in [6.45, 7) is 4.30. The lowest BCUT2D eigenvalue weighted by atomic mass is 10.1. The van der Waals surface area contributed by atoms with E-state index in [4.69, 9.17) is 0 Å². The average molecular weight is 337 g/mol. The third-order valence-electron chi connectivity index (χ3n) is 3.10. The van der Waals surface area contributed by atoms with Crippen LogP contribution in [-0.2, 0) is 12.3 Å². The quantitative estimate of drug-likeness (QED) is 0.850. The van der Waals surface area contributed by atoms with Crippen molar-refractivity contribution in [3.8, 4) is 0 Å². The van der Waals surface area contributed by atoms with E-state index in [9.17, 15) is 9.59 Å². The van der Waals surface area contributed by atoms with Crippen LogP contribution in [0.1, 0.15) is 46.5 Å². The Labute approximate surface area is 137 Å². The Morgan fingerprint density at radius 3 is 2.86 bits per heavy atom. The number of pyridine rings is 1. The first-order valence-corrected chi connectivity index (χ1v) is 9.22. The van der Waals surface area contributed by atoms with E-state index in [0.29, 0.717) is 6.54 Å². The number of thiazole rings is 1. The Balaban J connectivity index is 2.01. The van der Waals surface area contributed by atoms with Crippen molar-refractivity contribution in [1.82, 2.24) is 15.3 Å². The molecule has 0 aliphatic heterocycles. The molecule has 0 aliphatic rings. The van der Waals surface area contributed by atoms with Crippen molar-refractivity contribution in [2.24, 2.45) is 0 Å². The number of amides is 1. The van der Waals surface area contributed by atoms with E-state index in [1.54, 1.807) is 35.2 Å². The second-order valence-electron chi connectivity index (χ2n) is 5.16. The zero-order chi connectivity index (χ0) is 16.1. The van der Waals surface area contributed by atoms with Crippen molar-refractivity contribution in [3.05, 3.63) is 49.8 Å². The molecule has 2 rings (SSSR count). The van der Waals surface area contributed by atoms with Crippen LogP contribution in [0.5, 0.6) is 0 Å². The Kier molecular flexibility index (Phi) is 5.79. The number of carbonyl (C=O) groups is 1. The lowest BCUT2D eigenvalue weighted by molar-refractivity contribution is 0.0949. The van der Waals surface area contributed by atoms with Crippen molar-refractivity contribution in [2.45, 2.75) is 32.1 Å². The summed E-state index contributed by atoms with van der Waals surface area (Å²) in [6.07, 6.45) is 2.02. The first-order valence-electron chi connectivity index (χ1n) is 6.95. The highest BCUT2D eigenvalue weighted by atomic mass is 32.2. The standard InChI is InChI=1S/C15H19N3O2S2/c1-9(2)12-5-4-11(15(20)18-12)14(19)16-6-10-7-22-13(17-10)8-21-3/h4-5,7,9H,6,8H2,1-3H3,(H,16,19)(H,18,20). The highest BCUT2D eigenvalue weighted by molar-refractivity contribution is 7.97. The number of aromatic amines is 1. The van der Waals surface area contributed by atoms with Gasteiger partial charge in [-0.15, -0.1) is 11.3 Å². The van der Waals surface area contributed by atoms with Crippen molar-refractivity contribution >= 4 is 29.0 Å². The fraction of sp³-hybridized carbons (Fsp3) is 0.400. The van der Waals surface area contributed by atoms with Gasteiger partial charge in [-0.3, -0.25) is 9.59 Å². The summed E-state index contributed by atoms with van der Waals surface area (Å²) in [5, 5.41) is 5.70. The molecule has 5 nitrogen and oxygen atoms in total. The molecule has 2 N–H and O–H groups in total. The zero-order valence-electron chi connectivity index (χ0n) is 12.8.